The SMILES string of the molecule is O=C1OCCN1c1noc2c(F)c(F)c(C3OCCO3)cc12. The molecule has 0 spiro atoms. The van der Waals surface area contributed by atoms with Gasteiger partial charge in [-0.25, -0.2) is 9.18 Å². The van der Waals surface area contributed by atoms with Crippen LogP contribution < -0.4 is 4.90 Å². The van der Waals surface area contributed by atoms with Crippen LogP contribution in [0.4, 0.5) is 19.4 Å². The highest BCUT2D eigenvalue weighted by Crippen LogP contribution is 2.36. The largest absolute Gasteiger partial charge is 0.447 e. The number of halogens is 2. The summed E-state index contributed by atoms with van der Waals surface area (Å²) in [6, 6.07) is 1.32. The highest BCUT2D eigenvalue weighted by molar-refractivity contribution is 5.99. The Labute approximate surface area is 122 Å². The predicted octanol–water partition coefficient (Wildman–Crippen LogP) is 2.11. The van der Waals surface area contributed by atoms with Crippen LogP contribution in [0.1, 0.15) is 11.9 Å². The number of nitrogens with zero attached hydrogens (tertiary/aromatic N) is 2. The third kappa shape index (κ3) is 1.86. The minimum absolute atomic E-state index is 0.0793. The van der Waals surface area contributed by atoms with E-state index < -0.39 is 24.0 Å². The second kappa shape index (κ2) is 4.89. The van der Waals surface area contributed by atoms with Gasteiger partial charge in [0, 0.05) is 5.56 Å². The number of cyclic esters (lactones) is 1. The van der Waals surface area contributed by atoms with Crippen LogP contribution in [0.25, 0.3) is 11.0 Å². The van der Waals surface area contributed by atoms with E-state index >= 15 is 0 Å². The van der Waals surface area contributed by atoms with Crippen molar-refractivity contribution in [2.24, 2.45) is 0 Å². The third-order valence-electron chi connectivity index (χ3n) is 3.55. The normalized spacial score (nSPS) is 19.4. The number of hydrogen-bond donors (Lipinski definition) is 0. The van der Waals surface area contributed by atoms with E-state index in [-0.39, 0.29) is 35.5 Å². The monoisotopic (exact) mass is 312 g/mol. The fourth-order valence-electron chi connectivity index (χ4n) is 2.51. The first kappa shape index (κ1) is 13.4. The molecule has 2 aliphatic heterocycles. The average Bonchev–Trinajstić information content (AvgIpc) is 3.22. The third-order valence-corrected chi connectivity index (χ3v) is 3.55. The smallest absolute Gasteiger partial charge is 0.415 e. The Morgan fingerprint density at radius 2 is 1.95 bits per heavy atom. The van der Waals surface area contributed by atoms with E-state index in [2.05, 4.69) is 5.16 Å². The summed E-state index contributed by atoms with van der Waals surface area (Å²) in [5.41, 5.74) is -0.464. The quantitative estimate of drug-likeness (QED) is 0.845. The molecule has 3 heterocycles. The van der Waals surface area contributed by atoms with Crippen LogP contribution in [0.15, 0.2) is 10.6 Å². The molecule has 22 heavy (non-hydrogen) atoms. The number of aromatic nitrogens is 1. The molecule has 2 fully saturated rings. The number of benzene rings is 1. The van der Waals surface area contributed by atoms with Crippen LogP contribution in [0.5, 0.6) is 0 Å². The Balaban J connectivity index is 1.88. The van der Waals surface area contributed by atoms with E-state index in [0.29, 0.717) is 13.2 Å². The standard InChI is InChI=1S/C13H10F2N2O5/c14-8-6(12-19-3-4-20-12)5-7-10(9(8)15)22-16-11(7)17-1-2-21-13(17)18/h5,12H,1-4H2. The van der Waals surface area contributed by atoms with Crippen molar-refractivity contribution in [3.63, 3.8) is 0 Å². The minimum Gasteiger partial charge on any atom is -0.447 e. The van der Waals surface area contributed by atoms with Crippen molar-refractivity contribution >= 4 is 22.9 Å². The van der Waals surface area contributed by atoms with Crippen LogP contribution in [-0.2, 0) is 14.2 Å². The molecule has 0 N–H and O–H groups in total. The van der Waals surface area contributed by atoms with Crippen molar-refractivity contribution in [3.8, 4) is 0 Å². The van der Waals surface area contributed by atoms with Gasteiger partial charge in [-0.15, -0.1) is 0 Å². The Morgan fingerprint density at radius 3 is 2.64 bits per heavy atom. The average molecular weight is 312 g/mol. The van der Waals surface area contributed by atoms with E-state index in [1.807, 2.05) is 0 Å². The summed E-state index contributed by atoms with van der Waals surface area (Å²) >= 11 is 0. The maximum absolute atomic E-state index is 14.2. The zero-order chi connectivity index (χ0) is 15.3. The van der Waals surface area contributed by atoms with Gasteiger partial charge in [0.05, 0.1) is 25.1 Å². The van der Waals surface area contributed by atoms with Gasteiger partial charge in [0.25, 0.3) is 0 Å². The van der Waals surface area contributed by atoms with Crippen LogP contribution in [0.2, 0.25) is 0 Å². The van der Waals surface area contributed by atoms with Crippen LogP contribution in [-0.4, -0.2) is 37.6 Å². The number of rotatable bonds is 2. The van der Waals surface area contributed by atoms with Crippen LogP contribution in [0.3, 0.4) is 0 Å². The molecule has 1 aromatic carbocycles. The van der Waals surface area contributed by atoms with Crippen LogP contribution >= 0.6 is 0 Å². The topological polar surface area (TPSA) is 74.0 Å². The summed E-state index contributed by atoms with van der Waals surface area (Å²) in [5, 5.41) is 3.82. The number of carbonyl (C=O) groups is 1. The highest BCUT2D eigenvalue weighted by Gasteiger charge is 2.32. The molecule has 1 aromatic heterocycles. The number of ether oxygens (including phenoxy) is 3. The molecule has 0 saturated carbocycles. The number of hydrogen-bond acceptors (Lipinski definition) is 6. The number of anilines is 1. The lowest BCUT2D eigenvalue weighted by atomic mass is 10.1. The fourth-order valence-corrected chi connectivity index (χ4v) is 2.51. The molecule has 9 heteroatoms. The molecule has 0 aliphatic carbocycles. The Hall–Kier alpha value is -2.26. The minimum atomic E-state index is -1.20. The second-order valence-electron chi connectivity index (χ2n) is 4.82. The molecule has 0 bridgehead atoms. The molecule has 2 aromatic rings. The van der Waals surface area contributed by atoms with Gasteiger partial charge in [-0.05, 0) is 6.07 Å². The summed E-state index contributed by atoms with van der Waals surface area (Å²) in [5.74, 6) is -2.24. The molecule has 116 valence electrons. The van der Waals surface area contributed by atoms with Gasteiger partial charge in [0.15, 0.2) is 17.9 Å². The maximum atomic E-state index is 14.2. The van der Waals surface area contributed by atoms with Gasteiger partial charge in [0.2, 0.25) is 11.4 Å². The molecule has 0 atom stereocenters. The highest BCUT2D eigenvalue weighted by atomic mass is 19.2. The van der Waals surface area contributed by atoms with E-state index in [9.17, 15) is 13.6 Å². The molecule has 4 rings (SSSR count). The summed E-state index contributed by atoms with van der Waals surface area (Å²) in [6.45, 7) is 1.03. The van der Waals surface area contributed by atoms with Gasteiger partial charge in [-0.2, -0.15) is 4.39 Å². The van der Waals surface area contributed by atoms with Gasteiger partial charge in [0.1, 0.15) is 6.61 Å². The lowest BCUT2D eigenvalue weighted by molar-refractivity contribution is -0.0467. The van der Waals surface area contributed by atoms with Crippen molar-refractivity contribution < 1.29 is 32.3 Å². The van der Waals surface area contributed by atoms with E-state index in [0.717, 1.165) is 0 Å². The lowest BCUT2D eigenvalue weighted by Crippen LogP contribution is -2.23. The van der Waals surface area contributed by atoms with Crippen molar-refractivity contribution in [2.45, 2.75) is 6.29 Å². The molecule has 2 aliphatic rings. The van der Waals surface area contributed by atoms with Gasteiger partial charge in [-0.3, -0.25) is 4.90 Å². The molecule has 2 saturated heterocycles. The molecule has 1 amide bonds. The van der Waals surface area contributed by atoms with Crippen molar-refractivity contribution in [3.05, 3.63) is 23.3 Å². The zero-order valence-corrected chi connectivity index (χ0v) is 11.2. The Morgan fingerprint density at radius 1 is 1.18 bits per heavy atom. The molecule has 7 nitrogen and oxygen atoms in total. The molecule has 0 radical (unpaired) electrons. The van der Waals surface area contributed by atoms with E-state index in [1.54, 1.807) is 0 Å². The number of carbonyl (C=O) groups excluding carboxylic acids is 1. The predicted molar refractivity (Wildman–Crippen MR) is 67.3 cm³/mol. The fraction of sp³-hybridized carbons (Fsp3) is 0.385. The van der Waals surface area contributed by atoms with Gasteiger partial charge < -0.3 is 18.7 Å². The zero-order valence-electron chi connectivity index (χ0n) is 11.2. The van der Waals surface area contributed by atoms with Gasteiger partial charge in [-0.1, -0.05) is 5.16 Å². The summed E-state index contributed by atoms with van der Waals surface area (Å²) in [7, 11) is 0. The first-order valence-corrected chi connectivity index (χ1v) is 6.61. The first-order valence-electron chi connectivity index (χ1n) is 6.61. The Bertz CT molecular complexity index is 756. The number of amides is 1. The van der Waals surface area contributed by atoms with Gasteiger partial charge >= 0.3 is 6.09 Å². The summed E-state index contributed by atoms with van der Waals surface area (Å²) < 4.78 is 48.3. The molecular weight excluding hydrogens is 302 g/mol. The maximum Gasteiger partial charge on any atom is 0.415 e. The number of fused-ring (bicyclic) bond motifs is 1. The second-order valence-corrected chi connectivity index (χ2v) is 4.82. The van der Waals surface area contributed by atoms with E-state index in [4.69, 9.17) is 18.7 Å². The summed E-state index contributed by atoms with van der Waals surface area (Å²) in [6.07, 6.45) is -1.61. The van der Waals surface area contributed by atoms with Crippen LogP contribution in [0, 0.1) is 11.6 Å². The molecular formula is C13H10F2N2O5. The molecule has 0 unspecified atom stereocenters. The lowest BCUT2D eigenvalue weighted by Gasteiger charge is -2.12. The van der Waals surface area contributed by atoms with Crippen molar-refractivity contribution in [1.82, 2.24) is 5.16 Å². The Kier molecular flexibility index (Phi) is 2.98. The van der Waals surface area contributed by atoms with E-state index in [1.165, 1.54) is 11.0 Å². The summed E-state index contributed by atoms with van der Waals surface area (Å²) in [4.78, 5) is 12.8. The van der Waals surface area contributed by atoms with Crippen molar-refractivity contribution in [1.29, 1.82) is 0 Å². The first-order chi connectivity index (χ1) is 10.7. The van der Waals surface area contributed by atoms with Crippen molar-refractivity contribution in [2.75, 3.05) is 31.3 Å².